The molecule has 3 aromatic rings. The third-order valence-electron chi connectivity index (χ3n) is 6.76. The number of carbonyl (C=O) groups is 1. The maximum absolute atomic E-state index is 13.6. The summed E-state index contributed by atoms with van der Waals surface area (Å²) >= 11 is 0. The highest BCUT2D eigenvalue weighted by atomic mass is 16.2. The Morgan fingerprint density at radius 1 is 1.00 bits per heavy atom. The van der Waals surface area contributed by atoms with E-state index < -0.39 is 0 Å². The summed E-state index contributed by atoms with van der Waals surface area (Å²) in [4.78, 5) is 18.0. The van der Waals surface area contributed by atoms with E-state index in [1.54, 1.807) is 0 Å². The van der Waals surface area contributed by atoms with Gasteiger partial charge in [0.1, 0.15) is 0 Å². The van der Waals surface area contributed by atoms with Gasteiger partial charge in [-0.15, -0.1) is 14.8 Å². The van der Waals surface area contributed by atoms with Crippen molar-refractivity contribution in [1.29, 1.82) is 0 Å². The summed E-state index contributed by atoms with van der Waals surface area (Å²) in [5.74, 6) is 1.32. The summed E-state index contributed by atoms with van der Waals surface area (Å²) in [6, 6.07) is 14.8. The van der Waals surface area contributed by atoms with E-state index in [1.165, 1.54) is 23.0 Å². The van der Waals surface area contributed by atoms with Crippen molar-refractivity contribution in [2.24, 2.45) is 5.92 Å². The summed E-state index contributed by atoms with van der Waals surface area (Å²) in [5, 5.41) is 15.9. The van der Waals surface area contributed by atoms with Gasteiger partial charge in [0, 0.05) is 31.6 Å². The van der Waals surface area contributed by atoms with E-state index in [9.17, 15) is 4.79 Å². The van der Waals surface area contributed by atoms with Gasteiger partial charge in [0.15, 0.2) is 11.5 Å². The number of anilines is 1. The van der Waals surface area contributed by atoms with Crippen LogP contribution in [0.5, 0.6) is 0 Å². The van der Waals surface area contributed by atoms with Gasteiger partial charge in [-0.25, -0.2) is 0 Å². The van der Waals surface area contributed by atoms with Crippen LogP contribution in [0.2, 0.25) is 0 Å². The minimum atomic E-state index is 0.101. The Labute approximate surface area is 182 Å². The second kappa shape index (κ2) is 8.99. The van der Waals surface area contributed by atoms with Crippen molar-refractivity contribution in [3.8, 4) is 0 Å². The van der Waals surface area contributed by atoms with E-state index in [1.807, 2.05) is 18.2 Å². The van der Waals surface area contributed by atoms with Crippen molar-refractivity contribution >= 4 is 17.4 Å². The highest BCUT2D eigenvalue weighted by molar-refractivity contribution is 5.79. The highest BCUT2D eigenvalue weighted by Crippen LogP contribution is 2.29. The molecule has 0 spiro atoms. The smallest absolute Gasteiger partial charge is 0.226 e. The maximum Gasteiger partial charge on any atom is 0.226 e. The Hall–Kier alpha value is -3.03. The summed E-state index contributed by atoms with van der Waals surface area (Å²) in [5.41, 5.74) is 1.94. The molecule has 3 heterocycles. The lowest BCUT2D eigenvalue weighted by Gasteiger charge is -2.37. The lowest BCUT2D eigenvalue weighted by molar-refractivity contribution is -0.138. The molecule has 1 saturated carbocycles. The van der Waals surface area contributed by atoms with Crippen molar-refractivity contribution in [2.75, 3.05) is 24.5 Å². The lowest BCUT2D eigenvalue weighted by Crippen LogP contribution is -2.47. The quantitative estimate of drug-likeness (QED) is 0.611. The van der Waals surface area contributed by atoms with Crippen molar-refractivity contribution in [3.05, 3.63) is 48.0 Å². The van der Waals surface area contributed by atoms with Crippen LogP contribution < -0.4 is 4.90 Å². The summed E-state index contributed by atoms with van der Waals surface area (Å²) in [6.45, 7) is 2.48. The molecule has 1 saturated heterocycles. The molecule has 0 N–H and O–H groups in total. The van der Waals surface area contributed by atoms with Gasteiger partial charge in [-0.3, -0.25) is 4.79 Å². The Balaban J connectivity index is 1.23. The Morgan fingerprint density at radius 2 is 1.77 bits per heavy atom. The molecule has 0 unspecified atom stereocenters. The monoisotopic (exact) mass is 419 g/mol. The average molecular weight is 420 g/mol. The normalized spacial score (nSPS) is 18.0. The number of benzene rings is 1. The topological polar surface area (TPSA) is 79.5 Å². The highest BCUT2D eigenvalue weighted by Gasteiger charge is 2.33. The number of fused-ring (bicyclic) bond motifs is 1. The van der Waals surface area contributed by atoms with Crippen LogP contribution in [-0.4, -0.2) is 61.7 Å². The molecule has 0 atom stereocenters. The Kier molecular flexibility index (Phi) is 5.78. The second-order valence-electron chi connectivity index (χ2n) is 8.68. The minimum absolute atomic E-state index is 0.101. The zero-order chi connectivity index (χ0) is 21.0. The average Bonchev–Trinajstić information content (AvgIpc) is 3.52. The molecule has 1 aliphatic carbocycles. The predicted octanol–water partition coefficient (Wildman–Crippen LogP) is 2.75. The van der Waals surface area contributed by atoms with E-state index >= 15 is 0 Å². The van der Waals surface area contributed by atoms with Crippen LogP contribution in [0.15, 0.2) is 42.5 Å². The maximum atomic E-state index is 13.6. The molecule has 0 bridgehead atoms. The molecule has 8 heteroatoms. The first kappa shape index (κ1) is 19.9. The number of tetrazole rings is 1. The van der Waals surface area contributed by atoms with Crippen LogP contribution in [0.3, 0.4) is 0 Å². The molecule has 1 amide bonds. The fourth-order valence-corrected chi connectivity index (χ4v) is 4.98. The van der Waals surface area contributed by atoms with Gasteiger partial charge in [0.25, 0.3) is 0 Å². The van der Waals surface area contributed by atoms with Crippen molar-refractivity contribution in [1.82, 2.24) is 30.2 Å². The minimum Gasteiger partial charge on any atom is -0.355 e. The molecule has 0 radical (unpaired) electrons. The number of hydrogen-bond donors (Lipinski definition) is 0. The molecule has 8 nitrogen and oxygen atoms in total. The molecular formula is C23H29N7O. The molecule has 5 rings (SSSR count). The van der Waals surface area contributed by atoms with Gasteiger partial charge in [-0.2, -0.15) is 0 Å². The largest absolute Gasteiger partial charge is 0.355 e. The Bertz CT molecular complexity index is 1010. The third-order valence-corrected chi connectivity index (χ3v) is 6.76. The molecule has 1 aromatic carbocycles. The first-order chi connectivity index (χ1) is 15.3. The number of aromatic nitrogens is 5. The van der Waals surface area contributed by atoms with Crippen molar-refractivity contribution < 1.29 is 4.79 Å². The molecule has 2 fully saturated rings. The number of amides is 1. The number of hydrogen-bond acceptors (Lipinski definition) is 6. The van der Waals surface area contributed by atoms with E-state index in [-0.39, 0.29) is 5.92 Å². The fraction of sp³-hybridized carbons (Fsp3) is 0.522. The summed E-state index contributed by atoms with van der Waals surface area (Å²) in [7, 11) is 0. The number of piperidine rings is 1. The summed E-state index contributed by atoms with van der Waals surface area (Å²) < 4.78 is 1.46. The van der Waals surface area contributed by atoms with Crippen LogP contribution in [0.1, 0.15) is 44.1 Å². The predicted molar refractivity (Wildman–Crippen MR) is 118 cm³/mol. The Morgan fingerprint density at radius 3 is 2.55 bits per heavy atom. The third kappa shape index (κ3) is 4.38. The molecule has 1 aliphatic heterocycles. The van der Waals surface area contributed by atoms with Crippen LogP contribution in [0, 0.1) is 5.92 Å². The number of nitrogens with zero attached hydrogens (tertiary/aromatic N) is 7. The molecule has 31 heavy (non-hydrogen) atoms. The van der Waals surface area contributed by atoms with E-state index in [0.717, 1.165) is 57.6 Å². The molecule has 2 aromatic heterocycles. The zero-order valence-corrected chi connectivity index (χ0v) is 17.8. The number of rotatable bonds is 6. The van der Waals surface area contributed by atoms with Crippen LogP contribution in [-0.2, 0) is 11.2 Å². The molecular weight excluding hydrogens is 390 g/mol. The van der Waals surface area contributed by atoms with Crippen LogP contribution in [0.25, 0.3) is 5.65 Å². The van der Waals surface area contributed by atoms with Gasteiger partial charge < -0.3 is 9.80 Å². The van der Waals surface area contributed by atoms with Gasteiger partial charge >= 0.3 is 0 Å². The lowest BCUT2D eigenvalue weighted by atomic mass is 9.94. The van der Waals surface area contributed by atoms with Gasteiger partial charge in [-0.1, -0.05) is 43.2 Å². The SMILES string of the molecule is O=C(C1CCN(c2ccc3nnnn3n2)CC1)N(CCc1ccccc1)C1CCCC1. The van der Waals surface area contributed by atoms with Crippen molar-refractivity contribution in [3.63, 3.8) is 0 Å². The van der Waals surface area contributed by atoms with Gasteiger partial charge in [0.05, 0.1) is 0 Å². The molecule has 162 valence electrons. The van der Waals surface area contributed by atoms with Gasteiger partial charge in [-0.05, 0) is 60.2 Å². The first-order valence-corrected chi connectivity index (χ1v) is 11.4. The number of carbonyl (C=O) groups excluding carboxylic acids is 1. The second-order valence-corrected chi connectivity index (χ2v) is 8.68. The van der Waals surface area contributed by atoms with Crippen LogP contribution >= 0.6 is 0 Å². The van der Waals surface area contributed by atoms with E-state index in [2.05, 4.69) is 54.7 Å². The fourth-order valence-electron chi connectivity index (χ4n) is 4.98. The standard InChI is InChI=1S/C23H29N7O/c31-23(29(20-8-4-5-9-20)17-12-18-6-2-1-3-7-18)19-13-15-28(16-14-19)22-11-10-21-24-26-27-30(21)25-22/h1-3,6-7,10-11,19-20H,4-5,8-9,12-17H2. The van der Waals surface area contributed by atoms with E-state index in [4.69, 9.17) is 0 Å². The summed E-state index contributed by atoms with van der Waals surface area (Å²) in [6.07, 6.45) is 7.43. The van der Waals surface area contributed by atoms with E-state index in [0.29, 0.717) is 17.6 Å². The zero-order valence-electron chi connectivity index (χ0n) is 17.8. The van der Waals surface area contributed by atoms with Crippen LogP contribution in [0.4, 0.5) is 5.82 Å². The first-order valence-electron chi connectivity index (χ1n) is 11.4. The van der Waals surface area contributed by atoms with Gasteiger partial charge in [0.2, 0.25) is 5.91 Å². The molecule has 2 aliphatic rings. The van der Waals surface area contributed by atoms with Crippen molar-refractivity contribution in [2.45, 2.75) is 51.0 Å².